The molecule has 0 unspecified atom stereocenters. The summed E-state index contributed by atoms with van der Waals surface area (Å²) in [5, 5.41) is 0. The van der Waals surface area contributed by atoms with E-state index in [4.69, 9.17) is 6.57 Å². The van der Waals surface area contributed by atoms with Gasteiger partial charge in [-0.1, -0.05) is 125 Å². The highest BCUT2D eigenvalue weighted by Crippen LogP contribution is 2.49. The summed E-state index contributed by atoms with van der Waals surface area (Å²) in [7, 11) is 10.6. The third kappa shape index (κ3) is 17.7. The fourth-order valence-corrected chi connectivity index (χ4v) is 12.6. The molecule has 7 nitrogen and oxygen atoms in total. The van der Waals surface area contributed by atoms with Crippen LogP contribution in [0.3, 0.4) is 0 Å². The number of aryl methyl sites for hydroxylation is 6. The second kappa shape index (κ2) is 28.7. The number of hydrogen-bond acceptors (Lipinski definition) is 0. The van der Waals surface area contributed by atoms with Crippen LogP contribution in [0.1, 0.15) is 191 Å². The summed E-state index contributed by atoms with van der Waals surface area (Å²) in [4.78, 5) is 3.27. The van der Waals surface area contributed by atoms with Crippen molar-refractivity contribution >= 4 is 5.69 Å². The molecule has 0 saturated carbocycles. The number of rotatable bonds is 6. The Balaban J connectivity index is 0.000000217. The minimum Gasteiger partial charge on any atom is -0.232 e. The van der Waals surface area contributed by atoms with Gasteiger partial charge in [0.25, 0.3) is 5.69 Å². The van der Waals surface area contributed by atoms with Crippen molar-refractivity contribution in [1.29, 1.82) is 0 Å². The van der Waals surface area contributed by atoms with Crippen LogP contribution in [-0.4, -0.2) is 0 Å². The SMILES string of the molecule is Cc1c(-c2cc(C(C)(C)C)cc[n+]2C)c(C(F)(F)F)cc(C(F)(F)F)c1-c1cc(C(C)(C)C)cc[n+]1C.Cc1c(-c2cc(C(C)(C)C)cc[n+]2C)cc(C(F)(F)F)cc1-c1cc(C(C)(C)C)cc[n+]1C.[C-]#[N+]c1c(F)c(-c2cc(C(C)(C)C)cc[n+]2C)c(C)c(-c2cc(C(C)(C)C)cc[n+]2C)c1F. The summed E-state index contributed by atoms with van der Waals surface area (Å²) >= 11 is 0. The van der Waals surface area contributed by atoms with Crippen LogP contribution in [0.2, 0.25) is 0 Å². The topological polar surface area (TPSA) is 27.6 Å². The molecule has 0 aliphatic heterocycles. The molecule has 9 rings (SSSR count). The lowest BCUT2D eigenvalue weighted by Crippen LogP contribution is -2.34. The Kier molecular flexibility index (Phi) is 22.8. The lowest BCUT2D eigenvalue weighted by atomic mass is 9.83. The molecule has 0 fully saturated rings. The molecule has 9 aromatic rings. The predicted octanol–water partition coefficient (Wildman–Crippen LogP) is 20.6. The van der Waals surface area contributed by atoms with E-state index >= 15 is 8.78 Å². The largest absolute Gasteiger partial charge is 0.417 e. The molecule has 6 heterocycles. The van der Waals surface area contributed by atoms with Gasteiger partial charge in [-0.25, -0.2) is 41.0 Å². The fourth-order valence-electron chi connectivity index (χ4n) is 12.6. The van der Waals surface area contributed by atoms with E-state index in [1.54, 1.807) is 45.5 Å². The predicted molar refractivity (Wildman–Crippen MR) is 387 cm³/mol. The maximum atomic E-state index is 15.7. The first-order chi connectivity index (χ1) is 46.8. The minimum absolute atomic E-state index is 0.0783. The Labute approximate surface area is 602 Å². The zero-order valence-electron chi connectivity index (χ0n) is 64.9. The van der Waals surface area contributed by atoms with E-state index in [1.807, 2.05) is 180 Å². The molecule has 0 atom stereocenters. The van der Waals surface area contributed by atoms with E-state index in [-0.39, 0.29) is 77.8 Å². The highest BCUT2D eigenvalue weighted by atomic mass is 19.4. The fraction of sp³-hybridized carbons (Fsp3) is 0.424. The first-order valence-corrected chi connectivity index (χ1v) is 34.3. The van der Waals surface area contributed by atoms with Gasteiger partial charge in [0.05, 0.1) is 56.6 Å². The molecule has 6 aromatic heterocycles. The van der Waals surface area contributed by atoms with E-state index in [9.17, 15) is 39.5 Å². The third-order valence-electron chi connectivity index (χ3n) is 19.3. The molecule has 0 amide bonds. The van der Waals surface area contributed by atoms with Gasteiger partial charge in [-0.05, 0) is 122 Å². The number of alkyl halides is 9. The summed E-state index contributed by atoms with van der Waals surface area (Å²) in [6.07, 6.45) is -3.54. The van der Waals surface area contributed by atoms with E-state index in [2.05, 4.69) is 87.9 Å². The van der Waals surface area contributed by atoms with Crippen LogP contribution in [0.25, 0.3) is 72.4 Å². The standard InChI is InChI=1S/C29H34F6N2.C28H35F3N2.C28H33F2N3/c1-17-24(22-14-18(26(2,3)4)10-12-36(22)8)20(28(30,31)32)16-21(29(33,34)35)25(17)23-15-19(27(5,6)7)11-13-37(23)9;1-18-22(24-16-19(26(2,3)4)10-12-32(24)8)14-21(28(29,30)31)15-23(18)25-17-20(27(5,6)7)11-13-33(25)9;1-17-22(20-15-18(27(2,3)4)11-13-32(20)9)24(29)26(31-8)25(30)23(17)21-16-19(28(5,6)7)12-14-33(21)10/h10-16H,1-9H3;10-17H,1-9H3;11-16H,1-7,9-10H3/q3*+2. The quantitative estimate of drug-likeness (QED) is 0.0902. The number of halogens is 11. The van der Waals surface area contributed by atoms with Crippen molar-refractivity contribution in [2.24, 2.45) is 42.3 Å². The van der Waals surface area contributed by atoms with Gasteiger partial charge in [0, 0.05) is 72.8 Å². The average molecular weight is 1430 g/mol. The maximum absolute atomic E-state index is 15.7. The highest BCUT2D eigenvalue weighted by Gasteiger charge is 2.46. The summed E-state index contributed by atoms with van der Waals surface area (Å²) in [6, 6.07) is 25.7. The van der Waals surface area contributed by atoms with Crippen molar-refractivity contribution in [2.75, 3.05) is 0 Å². The number of pyridine rings is 6. The molecule has 0 aliphatic rings. The number of aromatic nitrogens is 6. The molecule has 0 bridgehead atoms. The van der Waals surface area contributed by atoms with Gasteiger partial charge in [0.15, 0.2) is 37.2 Å². The Morgan fingerprint density at radius 1 is 0.282 bits per heavy atom. The van der Waals surface area contributed by atoms with Crippen LogP contribution in [0.5, 0.6) is 0 Å². The lowest BCUT2D eigenvalue weighted by Gasteiger charge is -2.24. The normalized spacial score (nSPS) is 12.7. The second-order valence-corrected chi connectivity index (χ2v) is 33.5. The molecular weight excluding hydrogens is 1330 g/mol. The zero-order valence-corrected chi connectivity index (χ0v) is 64.9. The highest BCUT2D eigenvalue weighted by molar-refractivity contribution is 5.82. The first kappa shape index (κ1) is 81.6. The van der Waals surface area contributed by atoms with Gasteiger partial charge >= 0.3 is 18.5 Å². The second-order valence-electron chi connectivity index (χ2n) is 33.5. The van der Waals surface area contributed by atoms with Crippen LogP contribution in [0, 0.1) is 39.0 Å². The Hall–Kier alpha value is -8.72. The summed E-state index contributed by atoms with van der Waals surface area (Å²) < 4.78 is 170. The van der Waals surface area contributed by atoms with Crippen molar-refractivity contribution < 1.29 is 75.7 Å². The van der Waals surface area contributed by atoms with Crippen LogP contribution in [-0.2, 0) is 93.3 Å². The number of nitrogens with zero attached hydrogens (tertiary/aromatic N) is 7. The molecule has 0 N–H and O–H groups in total. The van der Waals surface area contributed by atoms with Gasteiger partial charge in [-0.3, -0.25) is 0 Å². The smallest absolute Gasteiger partial charge is 0.232 e. The van der Waals surface area contributed by atoms with Crippen molar-refractivity contribution in [1.82, 2.24) is 0 Å². The summed E-state index contributed by atoms with van der Waals surface area (Å²) in [5.74, 6) is -1.64. The Bertz CT molecular complexity index is 4500. The molecule has 0 radical (unpaired) electrons. The van der Waals surface area contributed by atoms with Crippen LogP contribution in [0.15, 0.2) is 128 Å². The van der Waals surface area contributed by atoms with Crippen LogP contribution >= 0.6 is 0 Å². The Morgan fingerprint density at radius 2 is 0.495 bits per heavy atom. The average Bonchev–Trinajstić information content (AvgIpc) is 0.740. The summed E-state index contributed by atoms with van der Waals surface area (Å²) in [5.41, 5.74) is 6.20. The molecule has 0 saturated heterocycles. The van der Waals surface area contributed by atoms with Crippen LogP contribution < -0.4 is 27.4 Å². The van der Waals surface area contributed by atoms with Crippen molar-refractivity contribution in [2.45, 2.75) is 196 Å². The minimum atomic E-state index is -5.00. The van der Waals surface area contributed by atoms with Crippen molar-refractivity contribution in [3.05, 3.63) is 218 Å². The maximum Gasteiger partial charge on any atom is 0.417 e. The van der Waals surface area contributed by atoms with E-state index in [0.29, 0.717) is 28.1 Å². The molecule has 103 heavy (non-hydrogen) atoms. The molecule has 548 valence electrons. The zero-order chi connectivity index (χ0) is 78.1. The third-order valence-corrected chi connectivity index (χ3v) is 19.3. The van der Waals surface area contributed by atoms with Gasteiger partial charge < -0.3 is 0 Å². The number of hydrogen-bond donors (Lipinski definition) is 0. The Morgan fingerprint density at radius 3 is 0.709 bits per heavy atom. The van der Waals surface area contributed by atoms with Crippen molar-refractivity contribution in [3.8, 4) is 67.5 Å². The van der Waals surface area contributed by atoms with Gasteiger partial charge in [-0.2, -0.15) is 39.5 Å². The van der Waals surface area contributed by atoms with Gasteiger partial charge in [0.2, 0.25) is 34.2 Å². The first-order valence-electron chi connectivity index (χ1n) is 34.3. The molecular formula is C85H102F11N7+6. The summed E-state index contributed by atoms with van der Waals surface area (Å²) in [6.45, 7) is 49.3. The monoisotopic (exact) mass is 1430 g/mol. The van der Waals surface area contributed by atoms with Gasteiger partial charge in [0.1, 0.15) is 53.9 Å². The van der Waals surface area contributed by atoms with E-state index in [1.165, 1.54) is 28.2 Å². The van der Waals surface area contributed by atoms with Gasteiger partial charge in [-0.15, -0.1) is 0 Å². The lowest BCUT2D eigenvalue weighted by molar-refractivity contribution is -0.661. The number of benzene rings is 3. The molecule has 18 heteroatoms. The van der Waals surface area contributed by atoms with E-state index in [0.717, 1.165) is 50.3 Å². The molecule has 0 aliphatic carbocycles. The van der Waals surface area contributed by atoms with E-state index < -0.39 is 52.5 Å². The molecule has 3 aromatic carbocycles. The van der Waals surface area contributed by atoms with Crippen molar-refractivity contribution in [3.63, 3.8) is 0 Å². The van der Waals surface area contributed by atoms with Crippen LogP contribution in [0.4, 0.5) is 54.0 Å². The molecule has 0 spiro atoms.